The van der Waals surface area contributed by atoms with Crippen molar-refractivity contribution in [1.82, 2.24) is 9.55 Å². The van der Waals surface area contributed by atoms with Crippen LogP contribution in [0.2, 0.25) is 0 Å². The minimum Gasteiger partial charge on any atom is -0.493 e. The minimum atomic E-state index is -0.281. The first-order chi connectivity index (χ1) is 10.3. The molecule has 0 saturated carbocycles. The van der Waals surface area contributed by atoms with Gasteiger partial charge in [-0.05, 0) is 37.1 Å². The fourth-order valence-corrected chi connectivity index (χ4v) is 2.61. The third-order valence-electron chi connectivity index (χ3n) is 3.58. The molecule has 1 unspecified atom stereocenters. The largest absolute Gasteiger partial charge is 0.493 e. The minimum absolute atomic E-state index is 0.281. The Morgan fingerprint density at radius 1 is 1.52 bits per heavy atom. The molecule has 2 aromatic rings. The topological polar surface area (TPSA) is 53.4 Å². The van der Waals surface area contributed by atoms with Gasteiger partial charge >= 0.3 is 5.97 Å². The Morgan fingerprint density at radius 3 is 3.19 bits per heavy atom. The number of carbonyl (C=O) groups is 1. The van der Waals surface area contributed by atoms with Crippen molar-refractivity contribution in [2.75, 3.05) is 13.2 Å². The van der Waals surface area contributed by atoms with Gasteiger partial charge in [0.15, 0.2) is 0 Å². The molecule has 1 aliphatic rings. The van der Waals surface area contributed by atoms with Crippen molar-refractivity contribution in [1.29, 1.82) is 0 Å². The zero-order valence-corrected chi connectivity index (χ0v) is 12.0. The Labute approximate surface area is 123 Å². The lowest BCUT2D eigenvalue weighted by Crippen LogP contribution is -2.25. The number of rotatable bonds is 4. The highest BCUT2D eigenvalue weighted by Crippen LogP contribution is 2.29. The van der Waals surface area contributed by atoms with Crippen molar-refractivity contribution in [3.05, 3.63) is 48.0 Å². The van der Waals surface area contributed by atoms with Gasteiger partial charge in [-0.2, -0.15) is 0 Å². The maximum atomic E-state index is 11.8. The molecule has 0 saturated heterocycles. The van der Waals surface area contributed by atoms with Gasteiger partial charge in [0.2, 0.25) is 0 Å². The Kier molecular flexibility index (Phi) is 3.90. The average molecular weight is 286 g/mol. The van der Waals surface area contributed by atoms with E-state index in [4.69, 9.17) is 9.47 Å². The Hall–Kier alpha value is -2.30. The van der Waals surface area contributed by atoms with Crippen molar-refractivity contribution in [2.24, 2.45) is 5.92 Å². The summed E-state index contributed by atoms with van der Waals surface area (Å²) in [5.74, 6) is 0.964. The Balaban J connectivity index is 1.74. The van der Waals surface area contributed by atoms with Gasteiger partial charge in [0, 0.05) is 24.9 Å². The summed E-state index contributed by atoms with van der Waals surface area (Å²) < 4.78 is 12.9. The van der Waals surface area contributed by atoms with E-state index in [1.807, 2.05) is 29.2 Å². The van der Waals surface area contributed by atoms with Gasteiger partial charge in [0.1, 0.15) is 5.75 Å². The number of hydrogen-bond acceptors (Lipinski definition) is 4. The van der Waals surface area contributed by atoms with E-state index in [9.17, 15) is 4.79 Å². The van der Waals surface area contributed by atoms with Gasteiger partial charge in [-0.25, -0.2) is 9.78 Å². The molecule has 0 radical (unpaired) electrons. The van der Waals surface area contributed by atoms with E-state index in [0.29, 0.717) is 24.7 Å². The predicted octanol–water partition coefficient (Wildman–Crippen LogP) is 2.31. The molecule has 1 atom stereocenters. The molecule has 0 bridgehead atoms. The second-order valence-electron chi connectivity index (χ2n) is 5.18. The van der Waals surface area contributed by atoms with Crippen LogP contribution in [0.4, 0.5) is 0 Å². The van der Waals surface area contributed by atoms with Crippen molar-refractivity contribution < 1.29 is 14.3 Å². The van der Waals surface area contributed by atoms with Crippen molar-refractivity contribution in [3.63, 3.8) is 0 Å². The summed E-state index contributed by atoms with van der Waals surface area (Å²) in [4.78, 5) is 15.8. The van der Waals surface area contributed by atoms with Gasteiger partial charge in [-0.3, -0.25) is 0 Å². The van der Waals surface area contributed by atoms with Crippen molar-refractivity contribution in [3.8, 4) is 5.75 Å². The van der Waals surface area contributed by atoms with Crippen LogP contribution in [-0.2, 0) is 17.7 Å². The molecule has 5 heteroatoms. The average Bonchev–Trinajstić information content (AvgIpc) is 2.99. The molecule has 0 N–H and O–H groups in total. The molecule has 1 aromatic heterocycles. The van der Waals surface area contributed by atoms with E-state index >= 15 is 0 Å². The van der Waals surface area contributed by atoms with Crippen LogP contribution in [0.3, 0.4) is 0 Å². The zero-order valence-electron chi connectivity index (χ0n) is 12.0. The summed E-state index contributed by atoms with van der Waals surface area (Å²) in [7, 11) is 0. The quantitative estimate of drug-likeness (QED) is 0.809. The van der Waals surface area contributed by atoms with E-state index in [1.165, 1.54) is 0 Å². The van der Waals surface area contributed by atoms with Crippen LogP contribution < -0.4 is 4.74 Å². The number of imidazole rings is 1. The summed E-state index contributed by atoms with van der Waals surface area (Å²) in [6, 6.07) is 5.50. The van der Waals surface area contributed by atoms with Crippen LogP contribution in [0.1, 0.15) is 22.8 Å². The van der Waals surface area contributed by atoms with Crippen LogP contribution in [0.5, 0.6) is 5.75 Å². The zero-order chi connectivity index (χ0) is 14.7. The summed E-state index contributed by atoms with van der Waals surface area (Å²) in [5.41, 5.74) is 1.65. The summed E-state index contributed by atoms with van der Waals surface area (Å²) in [6.07, 6.45) is 6.42. The number of ether oxygens (including phenoxy) is 2. The summed E-state index contributed by atoms with van der Waals surface area (Å²) >= 11 is 0. The molecule has 1 aromatic carbocycles. The van der Waals surface area contributed by atoms with Gasteiger partial charge in [-0.15, -0.1) is 0 Å². The molecule has 0 aliphatic carbocycles. The van der Waals surface area contributed by atoms with Crippen LogP contribution in [0, 0.1) is 5.92 Å². The lowest BCUT2D eigenvalue weighted by molar-refractivity contribution is 0.0526. The molecule has 5 nitrogen and oxygen atoms in total. The summed E-state index contributed by atoms with van der Waals surface area (Å²) in [5, 5.41) is 0. The number of esters is 1. The lowest BCUT2D eigenvalue weighted by Gasteiger charge is -2.25. The van der Waals surface area contributed by atoms with Gasteiger partial charge in [0.05, 0.1) is 25.1 Å². The molecule has 21 heavy (non-hydrogen) atoms. The second kappa shape index (κ2) is 5.99. The Morgan fingerprint density at radius 2 is 2.43 bits per heavy atom. The maximum Gasteiger partial charge on any atom is 0.338 e. The number of aromatic nitrogens is 2. The molecule has 110 valence electrons. The molecule has 1 aliphatic heterocycles. The maximum absolute atomic E-state index is 11.8. The highest BCUT2D eigenvalue weighted by molar-refractivity contribution is 5.89. The van der Waals surface area contributed by atoms with Crippen LogP contribution >= 0.6 is 0 Å². The first-order valence-corrected chi connectivity index (χ1v) is 7.15. The SMILES string of the molecule is CCOC(=O)c1ccc2c(c1)CC(Cn1ccnc1)CO2. The van der Waals surface area contributed by atoms with E-state index < -0.39 is 0 Å². The monoisotopic (exact) mass is 286 g/mol. The number of carbonyl (C=O) groups excluding carboxylic acids is 1. The number of nitrogens with zero attached hydrogens (tertiary/aromatic N) is 2. The van der Waals surface area contributed by atoms with E-state index in [1.54, 1.807) is 19.2 Å². The molecule has 2 heterocycles. The third kappa shape index (κ3) is 3.07. The normalized spacial score (nSPS) is 16.9. The fraction of sp³-hybridized carbons (Fsp3) is 0.375. The van der Waals surface area contributed by atoms with E-state index in [2.05, 4.69) is 4.98 Å². The Bertz CT molecular complexity index is 622. The lowest BCUT2D eigenvalue weighted by atomic mass is 9.95. The van der Waals surface area contributed by atoms with E-state index in [-0.39, 0.29) is 5.97 Å². The highest BCUT2D eigenvalue weighted by atomic mass is 16.5. The first kappa shape index (κ1) is 13.7. The van der Waals surface area contributed by atoms with Crippen molar-refractivity contribution >= 4 is 5.97 Å². The fourth-order valence-electron chi connectivity index (χ4n) is 2.61. The molecule has 0 fully saturated rings. The van der Waals surface area contributed by atoms with Crippen LogP contribution in [0.25, 0.3) is 0 Å². The van der Waals surface area contributed by atoms with Crippen LogP contribution in [-0.4, -0.2) is 28.7 Å². The molecular weight excluding hydrogens is 268 g/mol. The molecule has 3 rings (SSSR count). The highest BCUT2D eigenvalue weighted by Gasteiger charge is 2.21. The van der Waals surface area contributed by atoms with Gasteiger partial charge in [0.25, 0.3) is 0 Å². The van der Waals surface area contributed by atoms with Crippen LogP contribution in [0.15, 0.2) is 36.9 Å². The summed E-state index contributed by atoms with van der Waals surface area (Å²) in [6.45, 7) is 3.74. The van der Waals surface area contributed by atoms with Gasteiger partial charge < -0.3 is 14.0 Å². The van der Waals surface area contributed by atoms with Crippen molar-refractivity contribution in [2.45, 2.75) is 19.9 Å². The smallest absolute Gasteiger partial charge is 0.338 e. The number of benzene rings is 1. The van der Waals surface area contributed by atoms with E-state index in [0.717, 1.165) is 24.3 Å². The number of fused-ring (bicyclic) bond motifs is 1. The molecular formula is C16H18N2O3. The number of hydrogen-bond donors (Lipinski definition) is 0. The molecule has 0 amide bonds. The standard InChI is InChI=1S/C16H18N2O3/c1-2-20-16(19)13-3-4-15-14(8-13)7-12(10-21-15)9-18-6-5-17-11-18/h3-6,8,11-12H,2,7,9-10H2,1H3. The second-order valence-corrected chi connectivity index (χ2v) is 5.18. The third-order valence-corrected chi connectivity index (χ3v) is 3.58. The first-order valence-electron chi connectivity index (χ1n) is 7.15. The van der Waals surface area contributed by atoms with Gasteiger partial charge in [-0.1, -0.05) is 0 Å². The molecule has 0 spiro atoms. The predicted molar refractivity (Wildman–Crippen MR) is 77.3 cm³/mol.